The minimum absolute atomic E-state index is 0.628. The van der Waals surface area contributed by atoms with E-state index in [4.69, 9.17) is 4.74 Å². The van der Waals surface area contributed by atoms with Gasteiger partial charge in [0.1, 0.15) is 11.5 Å². The molecule has 0 aliphatic carbocycles. The highest BCUT2D eigenvalue weighted by Gasteiger charge is 2.07. The van der Waals surface area contributed by atoms with Crippen molar-refractivity contribution < 1.29 is 4.74 Å². The van der Waals surface area contributed by atoms with Gasteiger partial charge in [-0.05, 0) is 60.2 Å². The molecule has 0 aliphatic rings. The van der Waals surface area contributed by atoms with Crippen LogP contribution in [-0.2, 0) is 6.54 Å². The lowest BCUT2D eigenvalue weighted by molar-refractivity contribution is 0.467. The summed E-state index contributed by atoms with van der Waals surface area (Å²) in [6.45, 7) is 8.13. The number of aromatic nitrogens is 1. The normalized spacial score (nSPS) is 10.9. The number of hydrogen-bond acceptors (Lipinski definition) is 3. The van der Waals surface area contributed by atoms with Crippen LogP contribution in [0.4, 0.5) is 0 Å². The zero-order valence-electron chi connectivity index (χ0n) is 12.7. The number of pyridine rings is 1. The first kappa shape index (κ1) is 16.2. The third kappa shape index (κ3) is 5.28. The molecule has 0 amide bonds. The lowest BCUT2D eigenvalue weighted by Crippen LogP contribution is -2.19. The van der Waals surface area contributed by atoms with E-state index in [-0.39, 0.29) is 0 Å². The second-order valence-electron chi connectivity index (χ2n) is 5.52. The number of ether oxygens (including phenoxy) is 1. The fourth-order valence-corrected chi connectivity index (χ4v) is 2.46. The van der Waals surface area contributed by atoms with E-state index in [1.165, 1.54) is 0 Å². The minimum Gasteiger partial charge on any atom is -0.457 e. The molecule has 2 rings (SSSR count). The van der Waals surface area contributed by atoms with Crippen LogP contribution in [0.2, 0.25) is 0 Å². The highest BCUT2D eigenvalue weighted by Crippen LogP contribution is 2.26. The molecular formula is C17H21IN2O. The summed E-state index contributed by atoms with van der Waals surface area (Å²) < 4.78 is 7.21. The number of rotatable bonds is 6. The first-order valence-corrected chi connectivity index (χ1v) is 8.22. The van der Waals surface area contributed by atoms with Gasteiger partial charge in [-0.1, -0.05) is 19.9 Å². The standard InChI is InChI=1S/C17H21IN2O/c1-12(2)9-19-10-14-11-20-13(3)7-17(14)21-16-6-4-5-15(18)8-16/h4-8,11-12,19H,9-10H2,1-3H3. The van der Waals surface area contributed by atoms with Gasteiger partial charge in [0.25, 0.3) is 0 Å². The third-order valence-electron chi connectivity index (χ3n) is 2.97. The quantitative estimate of drug-likeness (QED) is 0.729. The van der Waals surface area contributed by atoms with E-state index < -0.39 is 0 Å². The van der Waals surface area contributed by atoms with Crippen LogP contribution in [0.5, 0.6) is 11.5 Å². The molecule has 0 aliphatic heterocycles. The topological polar surface area (TPSA) is 34.1 Å². The van der Waals surface area contributed by atoms with Crippen molar-refractivity contribution in [3.05, 3.63) is 51.4 Å². The predicted molar refractivity (Wildman–Crippen MR) is 94.8 cm³/mol. The summed E-state index contributed by atoms with van der Waals surface area (Å²) in [4.78, 5) is 4.38. The van der Waals surface area contributed by atoms with Crippen LogP contribution in [0.1, 0.15) is 25.1 Å². The first-order chi connectivity index (χ1) is 10.0. The van der Waals surface area contributed by atoms with Crippen LogP contribution >= 0.6 is 22.6 Å². The van der Waals surface area contributed by atoms with Crippen molar-refractivity contribution in [2.75, 3.05) is 6.54 Å². The number of nitrogens with zero attached hydrogens (tertiary/aromatic N) is 1. The molecule has 2 aromatic rings. The smallest absolute Gasteiger partial charge is 0.135 e. The summed E-state index contributed by atoms with van der Waals surface area (Å²) in [6, 6.07) is 10.1. The zero-order chi connectivity index (χ0) is 15.2. The van der Waals surface area contributed by atoms with Gasteiger partial charge in [-0.3, -0.25) is 4.98 Å². The number of benzene rings is 1. The van der Waals surface area contributed by atoms with Crippen LogP contribution in [-0.4, -0.2) is 11.5 Å². The fourth-order valence-electron chi connectivity index (χ4n) is 1.94. The zero-order valence-corrected chi connectivity index (χ0v) is 14.8. The Labute approximate surface area is 140 Å². The van der Waals surface area contributed by atoms with Gasteiger partial charge in [-0.15, -0.1) is 0 Å². The molecule has 0 atom stereocenters. The minimum atomic E-state index is 0.628. The van der Waals surface area contributed by atoms with Crippen molar-refractivity contribution in [2.45, 2.75) is 27.3 Å². The van der Waals surface area contributed by atoms with Gasteiger partial charge in [0.15, 0.2) is 0 Å². The van der Waals surface area contributed by atoms with Gasteiger partial charge in [0.2, 0.25) is 0 Å². The fraction of sp³-hybridized carbons (Fsp3) is 0.353. The Morgan fingerprint density at radius 1 is 1.29 bits per heavy atom. The molecule has 0 unspecified atom stereocenters. The number of halogens is 1. The first-order valence-electron chi connectivity index (χ1n) is 7.14. The molecule has 3 nitrogen and oxygen atoms in total. The van der Waals surface area contributed by atoms with E-state index in [0.29, 0.717) is 5.92 Å². The van der Waals surface area contributed by atoms with Gasteiger partial charge < -0.3 is 10.1 Å². The molecule has 0 saturated carbocycles. The molecule has 4 heteroatoms. The molecule has 1 N–H and O–H groups in total. The van der Waals surface area contributed by atoms with Crippen molar-refractivity contribution in [1.82, 2.24) is 10.3 Å². The second-order valence-corrected chi connectivity index (χ2v) is 6.76. The van der Waals surface area contributed by atoms with Crippen molar-refractivity contribution in [1.29, 1.82) is 0 Å². The maximum atomic E-state index is 6.04. The lowest BCUT2D eigenvalue weighted by atomic mass is 10.2. The van der Waals surface area contributed by atoms with Gasteiger partial charge in [0, 0.05) is 33.6 Å². The molecule has 0 spiro atoms. The van der Waals surface area contributed by atoms with Gasteiger partial charge in [-0.2, -0.15) is 0 Å². The van der Waals surface area contributed by atoms with Crippen LogP contribution in [0, 0.1) is 16.4 Å². The Bertz CT molecular complexity index is 599. The number of nitrogens with one attached hydrogen (secondary N) is 1. The average Bonchev–Trinajstić information content (AvgIpc) is 2.41. The summed E-state index contributed by atoms with van der Waals surface area (Å²) >= 11 is 2.29. The predicted octanol–water partition coefficient (Wildman–Crippen LogP) is 4.53. The largest absolute Gasteiger partial charge is 0.457 e. The van der Waals surface area contributed by atoms with Crippen LogP contribution in [0.3, 0.4) is 0 Å². The van der Waals surface area contributed by atoms with E-state index in [2.05, 4.69) is 52.8 Å². The summed E-state index contributed by atoms with van der Waals surface area (Å²) in [5.41, 5.74) is 2.04. The van der Waals surface area contributed by atoms with Crippen molar-refractivity contribution in [3.63, 3.8) is 0 Å². The van der Waals surface area contributed by atoms with E-state index in [1.54, 1.807) is 0 Å². The molecule has 21 heavy (non-hydrogen) atoms. The van der Waals surface area contributed by atoms with E-state index in [9.17, 15) is 0 Å². The molecular weight excluding hydrogens is 375 g/mol. The van der Waals surface area contributed by atoms with Crippen LogP contribution in [0.25, 0.3) is 0 Å². The monoisotopic (exact) mass is 396 g/mol. The molecule has 1 aromatic carbocycles. The maximum absolute atomic E-state index is 6.04. The summed E-state index contributed by atoms with van der Waals surface area (Å²) in [7, 11) is 0. The highest BCUT2D eigenvalue weighted by molar-refractivity contribution is 14.1. The Morgan fingerprint density at radius 3 is 2.81 bits per heavy atom. The molecule has 1 heterocycles. The van der Waals surface area contributed by atoms with Crippen molar-refractivity contribution >= 4 is 22.6 Å². The number of hydrogen-bond donors (Lipinski definition) is 1. The maximum Gasteiger partial charge on any atom is 0.135 e. The molecule has 0 bridgehead atoms. The van der Waals surface area contributed by atoms with Crippen molar-refractivity contribution in [3.8, 4) is 11.5 Å². The Morgan fingerprint density at radius 2 is 2.10 bits per heavy atom. The molecule has 112 valence electrons. The van der Waals surface area contributed by atoms with Crippen LogP contribution in [0.15, 0.2) is 36.5 Å². The Kier molecular flexibility index (Phi) is 5.99. The van der Waals surface area contributed by atoms with Crippen molar-refractivity contribution in [2.24, 2.45) is 5.92 Å². The number of aryl methyl sites for hydroxylation is 1. The highest BCUT2D eigenvalue weighted by atomic mass is 127. The average molecular weight is 396 g/mol. The lowest BCUT2D eigenvalue weighted by Gasteiger charge is -2.13. The molecule has 0 fully saturated rings. The van der Waals surface area contributed by atoms with E-state index in [0.717, 1.165) is 39.4 Å². The van der Waals surface area contributed by atoms with Gasteiger partial charge in [-0.25, -0.2) is 0 Å². The Balaban J connectivity index is 2.15. The van der Waals surface area contributed by atoms with Crippen LogP contribution < -0.4 is 10.1 Å². The Hall–Kier alpha value is -1.14. The van der Waals surface area contributed by atoms with E-state index >= 15 is 0 Å². The summed E-state index contributed by atoms with van der Waals surface area (Å²) in [5.74, 6) is 2.36. The summed E-state index contributed by atoms with van der Waals surface area (Å²) in [5, 5.41) is 3.44. The van der Waals surface area contributed by atoms with E-state index in [1.807, 2.05) is 37.4 Å². The van der Waals surface area contributed by atoms with Gasteiger partial charge >= 0.3 is 0 Å². The SMILES string of the molecule is Cc1cc(Oc2cccc(I)c2)c(CNCC(C)C)cn1. The molecule has 1 aromatic heterocycles. The van der Waals surface area contributed by atoms with Gasteiger partial charge in [0.05, 0.1) is 0 Å². The second kappa shape index (κ2) is 7.75. The summed E-state index contributed by atoms with van der Waals surface area (Å²) in [6.07, 6.45) is 1.89. The third-order valence-corrected chi connectivity index (χ3v) is 3.64. The molecule has 0 radical (unpaired) electrons. The molecule has 0 saturated heterocycles.